The third-order valence-electron chi connectivity index (χ3n) is 1.63. The topological polar surface area (TPSA) is 9.23 Å². The fourth-order valence-corrected chi connectivity index (χ4v) is 1.97. The van der Waals surface area contributed by atoms with E-state index in [4.69, 9.17) is 4.74 Å². The molecule has 1 rings (SSSR count). The number of thiophene rings is 1. The maximum atomic E-state index is 5.49. The Bertz CT molecular complexity index is 227. The van der Waals surface area contributed by atoms with Gasteiger partial charge in [-0.1, -0.05) is 13.8 Å². The van der Waals surface area contributed by atoms with Crippen LogP contribution in [0, 0.1) is 5.92 Å². The summed E-state index contributed by atoms with van der Waals surface area (Å²) in [5.41, 5.74) is 1.36. The van der Waals surface area contributed by atoms with Crippen LogP contribution in [0.5, 0.6) is 5.75 Å². The monoisotopic (exact) mass is 184 g/mol. The van der Waals surface area contributed by atoms with E-state index in [2.05, 4.69) is 24.6 Å². The van der Waals surface area contributed by atoms with E-state index in [9.17, 15) is 0 Å². The first-order chi connectivity index (χ1) is 5.74. The quantitative estimate of drug-likeness (QED) is 0.697. The third-order valence-corrected chi connectivity index (χ3v) is 2.40. The van der Waals surface area contributed by atoms with Gasteiger partial charge in [0.05, 0.1) is 6.61 Å². The smallest absolute Gasteiger partial charge is 0.133 e. The van der Waals surface area contributed by atoms with Gasteiger partial charge in [-0.05, 0) is 24.6 Å². The molecule has 2 heteroatoms. The molecule has 0 saturated heterocycles. The van der Waals surface area contributed by atoms with Crippen molar-refractivity contribution in [1.82, 2.24) is 0 Å². The highest BCUT2D eigenvalue weighted by molar-refractivity contribution is 7.08. The van der Waals surface area contributed by atoms with E-state index >= 15 is 0 Å². The second-order valence-corrected chi connectivity index (χ2v) is 4.04. The maximum Gasteiger partial charge on any atom is 0.133 e. The van der Waals surface area contributed by atoms with Crippen LogP contribution in [0.1, 0.15) is 26.3 Å². The molecule has 0 spiro atoms. The van der Waals surface area contributed by atoms with Crippen molar-refractivity contribution in [3.05, 3.63) is 16.3 Å². The zero-order valence-electron chi connectivity index (χ0n) is 7.96. The molecule has 0 amide bonds. The Hall–Kier alpha value is -0.500. The Morgan fingerprint density at radius 1 is 1.42 bits per heavy atom. The van der Waals surface area contributed by atoms with Crippen LogP contribution in [0.3, 0.4) is 0 Å². The standard InChI is InChI=1S/C10H16OS/c1-4-11-10-7-12-6-9(10)5-8(2)3/h6-8H,4-5H2,1-3H3. The lowest BCUT2D eigenvalue weighted by Crippen LogP contribution is -1.97. The van der Waals surface area contributed by atoms with Crippen LogP contribution < -0.4 is 4.74 Å². The van der Waals surface area contributed by atoms with Gasteiger partial charge in [-0.2, -0.15) is 0 Å². The molecule has 1 nitrogen and oxygen atoms in total. The number of hydrogen-bond acceptors (Lipinski definition) is 2. The van der Waals surface area contributed by atoms with Gasteiger partial charge in [-0.15, -0.1) is 11.3 Å². The van der Waals surface area contributed by atoms with Gasteiger partial charge in [0.25, 0.3) is 0 Å². The lowest BCUT2D eigenvalue weighted by molar-refractivity contribution is 0.337. The summed E-state index contributed by atoms with van der Waals surface area (Å²) in [6.45, 7) is 7.25. The van der Waals surface area contributed by atoms with E-state index in [0.717, 1.165) is 18.8 Å². The zero-order valence-corrected chi connectivity index (χ0v) is 8.78. The molecule has 0 bridgehead atoms. The van der Waals surface area contributed by atoms with E-state index in [1.807, 2.05) is 6.92 Å². The molecule has 0 atom stereocenters. The first kappa shape index (κ1) is 9.59. The fraction of sp³-hybridized carbons (Fsp3) is 0.600. The van der Waals surface area contributed by atoms with Gasteiger partial charge in [-0.3, -0.25) is 0 Å². The molecule has 0 unspecified atom stereocenters. The molecule has 12 heavy (non-hydrogen) atoms. The Kier molecular flexibility index (Phi) is 3.60. The van der Waals surface area contributed by atoms with Crippen molar-refractivity contribution in [3.8, 4) is 5.75 Å². The van der Waals surface area contributed by atoms with E-state index in [1.165, 1.54) is 5.56 Å². The molecule has 1 aromatic heterocycles. The highest BCUT2D eigenvalue weighted by Crippen LogP contribution is 2.25. The SMILES string of the molecule is CCOc1cscc1CC(C)C. The summed E-state index contributed by atoms with van der Waals surface area (Å²) in [7, 11) is 0. The molecule has 0 N–H and O–H groups in total. The predicted octanol–water partition coefficient (Wildman–Crippen LogP) is 3.35. The van der Waals surface area contributed by atoms with Crippen molar-refractivity contribution in [3.63, 3.8) is 0 Å². The largest absolute Gasteiger partial charge is 0.493 e. The molecule has 1 aromatic rings. The Morgan fingerprint density at radius 3 is 2.75 bits per heavy atom. The summed E-state index contributed by atoms with van der Waals surface area (Å²) < 4.78 is 5.49. The first-order valence-electron chi connectivity index (χ1n) is 4.42. The summed E-state index contributed by atoms with van der Waals surface area (Å²) in [5.74, 6) is 1.79. The van der Waals surface area contributed by atoms with Gasteiger partial charge in [0.1, 0.15) is 5.75 Å². The number of ether oxygens (including phenoxy) is 1. The van der Waals surface area contributed by atoms with Crippen molar-refractivity contribution >= 4 is 11.3 Å². The molecular weight excluding hydrogens is 168 g/mol. The lowest BCUT2D eigenvalue weighted by atomic mass is 10.1. The highest BCUT2D eigenvalue weighted by Gasteiger charge is 2.05. The van der Waals surface area contributed by atoms with Gasteiger partial charge >= 0.3 is 0 Å². The van der Waals surface area contributed by atoms with E-state index in [0.29, 0.717) is 5.92 Å². The van der Waals surface area contributed by atoms with Crippen LogP contribution >= 0.6 is 11.3 Å². The number of hydrogen-bond donors (Lipinski definition) is 0. The van der Waals surface area contributed by atoms with E-state index in [-0.39, 0.29) is 0 Å². The van der Waals surface area contributed by atoms with Crippen LogP contribution in [-0.4, -0.2) is 6.61 Å². The molecule has 0 aliphatic heterocycles. The van der Waals surface area contributed by atoms with Gasteiger partial charge in [0, 0.05) is 10.9 Å². The maximum absolute atomic E-state index is 5.49. The van der Waals surface area contributed by atoms with Crippen molar-refractivity contribution in [2.45, 2.75) is 27.2 Å². The van der Waals surface area contributed by atoms with Gasteiger partial charge in [-0.25, -0.2) is 0 Å². The second kappa shape index (κ2) is 4.51. The van der Waals surface area contributed by atoms with Crippen LogP contribution in [0.4, 0.5) is 0 Å². The normalized spacial score (nSPS) is 10.7. The Labute approximate surface area is 78.4 Å². The number of rotatable bonds is 4. The summed E-state index contributed by atoms with van der Waals surface area (Å²) >= 11 is 1.72. The summed E-state index contributed by atoms with van der Waals surface area (Å²) in [6, 6.07) is 0. The Balaban J connectivity index is 2.63. The molecule has 0 saturated carbocycles. The molecule has 0 aromatic carbocycles. The summed E-state index contributed by atoms with van der Waals surface area (Å²) in [5, 5.41) is 4.27. The predicted molar refractivity (Wildman–Crippen MR) is 54.0 cm³/mol. The zero-order chi connectivity index (χ0) is 8.97. The first-order valence-corrected chi connectivity index (χ1v) is 5.36. The molecule has 68 valence electrons. The van der Waals surface area contributed by atoms with Gasteiger partial charge < -0.3 is 4.74 Å². The van der Waals surface area contributed by atoms with Crippen LogP contribution in [0.25, 0.3) is 0 Å². The molecule has 1 heterocycles. The highest BCUT2D eigenvalue weighted by atomic mass is 32.1. The average molecular weight is 184 g/mol. The van der Waals surface area contributed by atoms with Crippen LogP contribution in [0.2, 0.25) is 0 Å². The minimum Gasteiger partial charge on any atom is -0.493 e. The lowest BCUT2D eigenvalue weighted by Gasteiger charge is -2.06. The van der Waals surface area contributed by atoms with Crippen LogP contribution in [-0.2, 0) is 6.42 Å². The third kappa shape index (κ3) is 2.52. The average Bonchev–Trinajstić information content (AvgIpc) is 2.37. The minimum absolute atomic E-state index is 0.707. The molecule has 0 fully saturated rings. The molecule has 0 radical (unpaired) electrons. The van der Waals surface area contributed by atoms with Gasteiger partial charge in [0.15, 0.2) is 0 Å². The summed E-state index contributed by atoms with van der Waals surface area (Å²) in [4.78, 5) is 0. The van der Waals surface area contributed by atoms with Crippen molar-refractivity contribution in [2.24, 2.45) is 5.92 Å². The van der Waals surface area contributed by atoms with E-state index < -0.39 is 0 Å². The van der Waals surface area contributed by atoms with E-state index in [1.54, 1.807) is 11.3 Å². The fourth-order valence-electron chi connectivity index (χ4n) is 1.18. The van der Waals surface area contributed by atoms with Crippen LogP contribution in [0.15, 0.2) is 10.8 Å². The summed E-state index contributed by atoms with van der Waals surface area (Å²) in [6.07, 6.45) is 1.12. The molecule has 0 aliphatic rings. The van der Waals surface area contributed by atoms with Gasteiger partial charge in [0.2, 0.25) is 0 Å². The minimum atomic E-state index is 0.707. The van der Waals surface area contributed by atoms with Crippen molar-refractivity contribution < 1.29 is 4.74 Å². The Morgan fingerprint density at radius 2 is 2.17 bits per heavy atom. The van der Waals surface area contributed by atoms with Crippen molar-refractivity contribution in [1.29, 1.82) is 0 Å². The molecular formula is C10H16OS. The molecule has 0 aliphatic carbocycles. The van der Waals surface area contributed by atoms with Crippen molar-refractivity contribution in [2.75, 3.05) is 6.61 Å². The second-order valence-electron chi connectivity index (χ2n) is 3.29.